The number of aryl methyl sites for hydroxylation is 2. The fraction of sp³-hybridized carbons (Fsp3) is 0.395. The topological polar surface area (TPSA) is 89.1 Å². The zero-order valence-electron chi connectivity index (χ0n) is 30.4. The molecule has 3 unspecified atom stereocenters. The molecule has 4 aliphatic rings. The van der Waals surface area contributed by atoms with Crippen molar-refractivity contribution in [2.24, 2.45) is 5.92 Å². The molecule has 0 aromatic heterocycles. The SMILES string of the molecule is CCOC(=O)C1CN(C2CCc3cc(-c4cccc(-c5cccc(-c6cc7c(c(OC)c6)C(NCC6CCC(=O)N6)CC7)c5Cl)c4Cl)cc(OC)c32)C1. The monoisotopic (exact) mass is 753 g/mol. The van der Waals surface area contributed by atoms with Crippen LogP contribution in [0.3, 0.4) is 0 Å². The molecule has 2 saturated heterocycles. The van der Waals surface area contributed by atoms with E-state index in [0.29, 0.717) is 36.2 Å². The third-order valence-corrected chi connectivity index (χ3v) is 12.4. The predicted molar refractivity (Wildman–Crippen MR) is 209 cm³/mol. The van der Waals surface area contributed by atoms with Crippen LogP contribution in [0.1, 0.15) is 66.9 Å². The van der Waals surface area contributed by atoms with Crippen LogP contribution in [0.15, 0.2) is 60.7 Å². The Labute approximate surface area is 321 Å². The number of carbonyl (C=O) groups is 2. The first-order valence-corrected chi connectivity index (χ1v) is 19.5. The summed E-state index contributed by atoms with van der Waals surface area (Å²) in [5.74, 6) is 1.64. The van der Waals surface area contributed by atoms with E-state index in [2.05, 4.69) is 39.8 Å². The number of hydrogen-bond acceptors (Lipinski definition) is 7. The Morgan fingerprint density at radius 1 is 0.811 bits per heavy atom. The summed E-state index contributed by atoms with van der Waals surface area (Å²) in [5, 5.41) is 8.00. The highest BCUT2D eigenvalue weighted by Crippen LogP contribution is 2.49. The van der Waals surface area contributed by atoms with Gasteiger partial charge in [0.2, 0.25) is 5.91 Å². The fourth-order valence-corrected chi connectivity index (χ4v) is 9.55. The van der Waals surface area contributed by atoms with Crippen LogP contribution in [0.4, 0.5) is 0 Å². The molecule has 10 heteroatoms. The van der Waals surface area contributed by atoms with Crippen molar-refractivity contribution in [1.82, 2.24) is 15.5 Å². The van der Waals surface area contributed by atoms with Crippen molar-refractivity contribution in [1.29, 1.82) is 0 Å². The summed E-state index contributed by atoms with van der Waals surface area (Å²) in [4.78, 5) is 26.3. The average Bonchev–Trinajstić information content (AvgIpc) is 3.88. The molecule has 4 aromatic carbocycles. The van der Waals surface area contributed by atoms with Crippen molar-refractivity contribution in [2.45, 2.75) is 63.6 Å². The van der Waals surface area contributed by atoms with Gasteiger partial charge >= 0.3 is 5.97 Å². The predicted octanol–water partition coefficient (Wildman–Crippen LogP) is 8.35. The zero-order valence-corrected chi connectivity index (χ0v) is 31.9. The van der Waals surface area contributed by atoms with Crippen LogP contribution in [0, 0.1) is 5.92 Å². The first-order valence-electron chi connectivity index (χ1n) is 18.7. The number of halogens is 2. The van der Waals surface area contributed by atoms with Gasteiger partial charge in [0, 0.05) is 77.6 Å². The van der Waals surface area contributed by atoms with Crippen molar-refractivity contribution in [2.75, 3.05) is 40.5 Å². The summed E-state index contributed by atoms with van der Waals surface area (Å²) in [6, 6.07) is 21.4. The van der Waals surface area contributed by atoms with Crippen molar-refractivity contribution >= 4 is 35.1 Å². The van der Waals surface area contributed by atoms with Crippen LogP contribution < -0.4 is 20.1 Å². The lowest BCUT2D eigenvalue weighted by Gasteiger charge is -2.42. The molecule has 276 valence electrons. The van der Waals surface area contributed by atoms with E-state index < -0.39 is 0 Å². The third kappa shape index (κ3) is 6.69. The molecule has 2 N–H and O–H groups in total. The van der Waals surface area contributed by atoms with Gasteiger partial charge in [-0.1, -0.05) is 71.7 Å². The smallest absolute Gasteiger partial charge is 0.311 e. The molecule has 3 atom stereocenters. The Kier molecular flexibility index (Phi) is 10.2. The minimum Gasteiger partial charge on any atom is -0.496 e. The zero-order chi connectivity index (χ0) is 36.8. The second kappa shape index (κ2) is 15.0. The Balaban J connectivity index is 1.06. The average molecular weight is 755 g/mol. The molecular weight excluding hydrogens is 709 g/mol. The van der Waals surface area contributed by atoms with E-state index in [-0.39, 0.29) is 35.9 Å². The van der Waals surface area contributed by atoms with Gasteiger partial charge < -0.3 is 24.8 Å². The number of hydrogen-bond donors (Lipinski definition) is 2. The van der Waals surface area contributed by atoms with Gasteiger partial charge in [-0.05, 0) is 73.4 Å². The highest BCUT2D eigenvalue weighted by Gasteiger charge is 2.41. The summed E-state index contributed by atoms with van der Waals surface area (Å²) < 4.78 is 17.2. The molecule has 2 fully saturated rings. The van der Waals surface area contributed by atoms with Crippen LogP contribution in [-0.4, -0.2) is 63.3 Å². The maximum atomic E-state index is 12.3. The maximum absolute atomic E-state index is 12.3. The molecule has 0 saturated carbocycles. The summed E-state index contributed by atoms with van der Waals surface area (Å²) in [6.45, 7) is 4.42. The summed E-state index contributed by atoms with van der Waals surface area (Å²) in [5.41, 5.74) is 10.4. The second-order valence-corrected chi connectivity index (χ2v) is 15.4. The quantitative estimate of drug-likeness (QED) is 0.149. The van der Waals surface area contributed by atoms with E-state index in [1.54, 1.807) is 14.2 Å². The fourth-order valence-electron chi connectivity index (χ4n) is 8.87. The van der Waals surface area contributed by atoms with E-state index >= 15 is 0 Å². The number of benzene rings is 4. The van der Waals surface area contributed by atoms with Crippen molar-refractivity contribution in [3.05, 3.63) is 93.0 Å². The minimum absolute atomic E-state index is 0.0608. The van der Waals surface area contributed by atoms with E-state index in [0.717, 1.165) is 83.5 Å². The number of esters is 1. The van der Waals surface area contributed by atoms with Crippen LogP contribution in [0.2, 0.25) is 10.0 Å². The van der Waals surface area contributed by atoms with Gasteiger partial charge in [-0.15, -0.1) is 0 Å². The summed E-state index contributed by atoms with van der Waals surface area (Å²) >= 11 is 14.6. The van der Waals surface area contributed by atoms with E-state index in [4.69, 9.17) is 37.4 Å². The molecule has 0 bridgehead atoms. The molecular formula is C43H45Cl2N3O5. The van der Waals surface area contributed by atoms with Gasteiger partial charge in [0.05, 0.1) is 36.8 Å². The van der Waals surface area contributed by atoms with Gasteiger partial charge in [0.25, 0.3) is 0 Å². The Hall–Kier alpha value is -4.08. The maximum Gasteiger partial charge on any atom is 0.311 e. The van der Waals surface area contributed by atoms with E-state index in [9.17, 15) is 9.59 Å². The van der Waals surface area contributed by atoms with Crippen LogP contribution >= 0.6 is 23.2 Å². The van der Waals surface area contributed by atoms with Crippen molar-refractivity contribution < 1.29 is 23.8 Å². The van der Waals surface area contributed by atoms with Crippen LogP contribution in [0.5, 0.6) is 11.5 Å². The summed E-state index contributed by atoms with van der Waals surface area (Å²) in [7, 11) is 3.44. The largest absolute Gasteiger partial charge is 0.496 e. The number of rotatable bonds is 11. The number of likely N-dealkylation sites (tertiary alicyclic amines) is 1. The first-order chi connectivity index (χ1) is 25.8. The van der Waals surface area contributed by atoms with Crippen LogP contribution in [-0.2, 0) is 27.2 Å². The minimum atomic E-state index is -0.105. The Morgan fingerprint density at radius 2 is 1.40 bits per heavy atom. The lowest BCUT2D eigenvalue weighted by molar-refractivity contribution is -0.155. The number of nitrogens with zero attached hydrogens (tertiary/aromatic N) is 1. The van der Waals surface area contributed by atoms with Crippen molar-refractivity contribution in [3.8, 4) is 44.9 Å². The highest BCUT2D eigenvalue weighted by atomic mass is 35.5. The second-order valence-electron chi connectivity index (χ2n) is 14.6. The standard InChI is InChI=1S/C43H45Cl2N3O5/c1-4-53-43(50)28-22-48(23-28)35-15-12-25-18-27(20-37(52-3)40(25)35)31-8-6-10-33(42(31)45)32-9-5-7-30(41(32)44)26-17-24-11-14-34(39(24)36(19-26)51-2)46-21-29-13-16-38(49)47-29/h5-10,17-20,28-29,34-35,46H,4,11-16,21-23H2,1-3H3,(H,47,49). The Bertz CT molecular complexity index is 2080. The van der Waals surface area contributed by atoms with Gasteiger partial charge in [-0.3, -0.25) is 14.5 Å². The third-order valence-electron chi connectivity index (χ3n) is 11.5. The lowest BCUT2D eigenvalue weighted by Crippen LogP contribution is -2.51. The number of carbonyl (C=O) groups excluding carboxylic acids is 2. The molecule has 8 nitrogen and oxygen atoms in total. The molecule has 0 radical (unpaired) electrons. The van der Waals surface area contributed by atoms with Gasteiger partial charge in [-0.2, -0.15) is 0 Å². The van der Waals surface area contributed by atoms with Gasteiger partial charge in [0.15, 0.2) is 0 Å². The van der Waals surface area contributed by atoms with Crippen molar-refractivity contribution in [3.63, 3.8) is 0 Å². The number of nitrogens with one attached hydrogen (secondary N) is 2. The molecule has 0 spiro atoms. The molecule has 1 amide bonds. The normalized spacial score (nSPS) is 20.8. The van der Waals surface area contributed by atoms with Gasteiger partial charge in [0.1, 0.15) is 11.5 Å². The molecule has 4 aromatic rings. The highest BCUT2D eigenvalue weighted by molar-refractivity contribution is 6.39. The van der Waals surface area contributed by atoms with Crippen LogP contribution in [0.25, 0.3) is 33.4 Å². The molecule has 53 heavy (non-hydrogen) atoms. The lowest BCUT2D eigenvalue weighted by atomic mass is 9.92. The van der Waals surface area contributed by atoms with Gasteiger partial charge in [-0.25, -0.2) is 0 Å². The molecule has 8 rings (SSSR count). The first kappa shape index (κ1) is 35.9. The molecule has 2 aliphatic carbocycles. The number of methoxy groups -OCH3 is 2. The number of fused-ring (bicyclic) bond motifs is 2. The Morgan fingerprint density at radius 3 is 1.98 bits per heavy atom. The van der Waals surface area contributed by atoms with E-state index in [1.165, 1.54) is 22.3 Å². The van der Waals surface area contributed by atoms with E-state index in [1.807, 2.05) is 43.3 Å². The molecule has 2 heterocycles. The number of amides is 1. The summed E-state index contributed by atoms with van der Waals surface area (Å²) in [6.07, 6.45) is 5.26. The molecule has 2 aliphatic heterocycles. The number of ether oxygens (including phenoxy) is 3.